The van der Waals surface area contributed by atoms with Crippen molar-refractivity contribution in [2.45, 2.75) is 19.3 Å². The topological polar surface area (TPSA) is 35.6 Å². The van der Waals surface area contributed by atoms with E-state index in [1.165, 1.54) is 60.3 Å². The lowest BCUT2D eigenvalue weighted by Gasteiger charge is -2.23. The fourth-order valence-electron chi connectivity index (χ4n) is 9.88. The van der Waals surface area contributed by atoms with Crippen molar-refractivity contribution in [3.8, 4) is 45.1 Å². The van der Waals surface area contributed by atoms with Crippen molar-refractivity contribution in [1.82, 2.24) is 19.1 Å². The van der Waals surface area contributed by atoms with Crippen molar-refractivity contribution in [2.24, 2.45) is 0 Å². The molecule has 8 aromatic carbocycles. The molecule has 1 aliphatic rings. The van der Waals surface area contributed by atoms with Crippen LogP contribution >= 0.6 is 0 Å². The minimum atomic E-state index is -0.250. The number of para-hydroxylation sites is 4. The molecule has 4 heteroatoms. The number of hydrogen-bond donors (Lipinski definition) is 0. The molecule has 57 heavy (non-hydrogen) atoms. The van der Waals surface area contributed by atoms with Gasteiger partial charge in [-0.05, 0) is 59.2 Å². The predicted octanol–water partition coefficient (Wildman–Crippen LogP) is 13.5. The monoisotopic (exact) mass is 728 g/mol. The molecule has 0 aliphatic heterocycles. The van der Waals surface area contributed by atoms with E-state index >= 15 is 0 Å². The zero-order chi connectivity index (χ0) is 37.8. The summed E-state index contributed by atoms with van der Waals surface area (Å²) >= 11 is 0. The third-order valence-corrected chi connectivity index (χ3v) is 12.2. The van der Waals surface area contributed by atoms with Crippen molar-refractivity contribution in [3.05, 3.63) is 193 Å². The minimum Gasteiger partial charge on any atom is -0.309 e. The maximum absolute atomic E-state index is 5.28. The van der Waals surface area contributed by atoms with Gasteiger partial charge in [0.25, 0.3) is 0 Å². The molecule has 0 N–H and O–H groups in total. The van der Waals surface area contributed by atoms with Crippen molar-refractivity contribution >= 4 is 54.5 Å². The van der Waals surface area contributed by atoms with Gasteiger partial charge in [-0.3, -0.25) is 0 Å². The summed E-state index contributed by atoms with van der Waals surface area (Å²) < 4.78 is 5.02. The molecular weight excluding hydrogens is 693 g/mol. The van der Waals surface area contributed by atoms with Crippen LogP contribution in [0.1, 0.15) is 25.0 Å². The molecule has 268 valence electrons. The number of nitrogens with zero attached hydrogens (tertiary/aromatic N) is 4. The quantitative estimate of drug-likeness (QED) is 0.181. The Morgan fingerprint density at radius 3 is 1.81 bits per heavy atom. The summed E-state index contributed by atoms with van der Waals surface area (Å²) in [7, 11) is 0. The van der Waals surface area contributed by atoms with Crippen molar-refractivity contribution in [2.75, 3.05) is 0 Å². The Balaban J connectivity index is 1.24. The highest BCUT2D eigenvalue weighted by molar-refractivity contribution is 6.31. The van der Waals surface area contributed by atoms with Crippen LogP contribution in [0.3, 0.4) is 0 Å². The van der Waals surface area contributed by atoms with Crippen LogP contribution in [0, 0.1) is 0 Å². The molecule has 3 heterocycles. The first-order chi connectivity index (χ1) is 28.1. The van der Waals surface area contributed by atoms with E-state index in [-0.39, 0.29) is 5.41 Å². The fraction of sp³-hybridized carbons (Fsp3) is 0.0566. The SMILES string of the molecule is CC1(C)c2ccccc2-c2c1c1c3ccccc3n(-c3ccccc3)c1c1c3ccccc3n(-c3cccc(-c4nc(-c5ccccc5)c5ccccc5n4)c3)c21. The number of benzene rings is 8. The Morgan fingerprint density at radius 1 is 0.456 bits per heavy atom. The zero-order valence-electron chi connectivity index (χ0n) is 31.6. The van der Waals surface area contributed by atoms with E-state index in [1.807, 2.05) is 6.07 Å². The van der Waals surface area contributed by atoms with Gasteiger partial charge in [-0.2, -0.15) is 0 Å². The molecule has 12 rings (SSSR count). The van der Waals surface area contributed by atoms with Gasteiger partial charge in [0.15, 0.2) is 5.82 Å². The van der Waals surface area contributed by atoms with Gasteiger partial charge in [0, 0.05) is 60.4 Å². The fourth-order valence-corrected chi connectivity index (χ4v) is 9.88. The smallest absolute Gasteiger partial charge is 0.160 e. The van der Waals surface area contributed by atoms with Crippen LogP contribution in [0.5, 0.6) is 0 Å². The normalized spacial score (nSPS) is 13.2. The van der Waals surface area contributed by atoms with E-state index in [4.69, 9.17) is 9.97 Å². The first-order valence-electron chi connectivity index (χ1n) is 19.7. The van der Waals surface area contributed by atoms with E-state index in [0.717, 1.165) is 44.6 Å². The van der Waals surface area contributed by atoms with Crippen LogP contribution in [0.4, 0.5) is 0 Å². The maximum atomic E-state index is 5.28. The van der Waals surface area contributed by atoms with Gasteiger partial charge >= 0.3 is 0 Å². The highest BCUT2D eigenvalue weighted by Crippen LogP contribution is 2.58. The average Bonchev–Trinajstić information content (AvgIpc) is 3.87. The Kier molecular flexibility index (Phi) is 6.65. The highest BCUT2D eigenvalue weighted by Gasteiger charge is 2.41. The van der Waals surface area contributed by atoms with Gasteiger partial charge in [-0.15, -0.1) is 0 Å². The third-order valence-electron chi connectivity index (χ3n) is 12.2. The van der Waals surface area contributed by atoms with Crippen molar-refractivity contribution in [3.63, 3.8) is 0 Å². The number of hydrogen-bond acceptors (Lipinski definition) is 2. The molecule has 4 nitrogen and oxygen atoms in total. The molecule has 0 amide bonds. The van der Waals surface area contributed by atoms with Crippen LogP contribution in [-0.4, -0.2) is 19.1 Å². The van der Waals surface area contributed by atoms with Crippen LogP contribution in [0.2, 0.25) is 0 Å². The van der Waals surface area contributed by atoms with Gasteiger partial charge in [0.1, 0.15) is 0 Å². The third kappa shape index (κ3) is 4.44. The van der Waals surface area contributed by atoms with E-state index < -0.39 is 0 Å². The standard InChI is InChI=1S/C53H36N4/c1-53(2)41-28-13-9-24-37(41)45-48(53)46-39-26-11-15-30-43(39)56(35-21-7-4-8-22-35)51(46)47-40-27-12-16-31-44(40)57(50(45)47)36-23-17-20-34(32-36)52-54-42-29-14-10-25-38(42)49(55-52)33-18-5-3-6-19-33/h3-32H,1-2H3. The van der Waals surface area contributed by atoms with Crippen molar-refractivity contribution in [1.29, 1.82) is 0 Å². The molecule has 0 fully saturated rings. The minimum absolute atomic E-state index is 0.250. The Bertz CT molecular complexity index is 3420. The number of aromatic nitrogens is 4. The van der Waals surface area contributed by atoms with Crippen LogP contribution in [0.15, 0.2) is 182 Å². The lowest BCUT2D eigenvalue weighted by molar-refractivity contribution is 0.667. The van der Waals surface area contributed by atoms with E-state index in [0.29, 0.717) is 5.82 Å². The molecule has 0 saturated carbocycles. The first kappa shape index (κ1) is 32.0. The zero-order valence-corrected chi connectivity index (χ0v) is 31.6. The number of rotatable bonds is 4. The second-order valence-corrected chi connectivity index (χ2v) is 15.7. The second kappa shape index (κ2) is 11.8. The summed E-state index contributed by atoms with van der Waals surface area (Å²) in [5, 5.41) is 6.12. The molecule has 3 aromatic heterocycles. The Hall–Kier alpha value is -7.30. The van der Waals surface area contributed by atoms with Gasteiger partial charge in [0.2, 0.25) is 0 Å². The number of fused-ring (bicyclic) bond motifs is 13. The molecular formula is C53H36N4. The summed E-state index contributed by atoms with van der Waals surface area (Å²) in [6.07, 6.45) is 0. The Labute approximate surface area is 329 Å². The van der Waals surface area contributed by atoms with Gasteiger partial charge < -0.3 is 9.13 Å². The lowest BCUT2D eigenvalue weighted by atomic mass is 9.80. The predicted molar refractivity (Wildman–Crippen MR) is 237 cm³/mol. The van der Waals surface area contributed by atoms with E-state index in [1.54, 1.807) is 0 Å². The lowest BCUT2D eigenvalue weighted by Crippen LogP contribution is -2.15. The summed E-state index contributed by atoms with van der Waals surface area (Å²) in [6.45, 7) is 4.82. The summed E-state index contributed by atoms with van der Waals surface area (Å²) in [6, 6.07) is 65.4. The molecule has 0 radical (unpaired) electrons. The van der Waals surface area contributed by atoms with Crippen LogP contribution < -0.4 is 0 Å². The average molecular weight is 729 g/mol. The van der Waals surface area contributed by atoms with Gasteiger partial charge in [-0.25, -0.2) is 9.97 Å². The van der Waals surface area contributed by atoms with Crippen LogP contribution in [-0.2, 0) is 5.41 Å². The molecule has 0 unspecified atom stereocenters. The highest BCUT2D eigenvalue weighted by atomic mass is 15.0. The largest absolute Gasteiger partial charge is 0.309 e. The molecule has 0 spiro atoms. The van der Waals surface area contributed by atoms with Crippen LogP contribution in [0.25, 0.3) is 99.7 Å². The molecule has 0 bridgehead atoms. The van der Waals surface area contributed by atoms with E-state index in [2.05, 4.69) is 199 Å². The summed E-state index contributed by atoms with van der Waals surface area (Å²) in [4.78, 5) is 10.5. The maximum Gasteiger partial charge on any atom is 0.160 e. The first-order valence-corrected chi connectivity index (χ1v) is 19.7. The second-order valence-electron chi connectivity index (χ2n) is 15.7. The summed E-state index contributed by atoms with van der Waals surface area (Å²) in [5.74, 6) is 0.707. The summed E-state index contributed by atoms with van der Waals surface area (Å²) in [5.41, 5.74) is 16.1. The van der Waals surface area contributed by atoms with Crippen molar-refractivity contribution < 1.29 is 0 Å². The molecule has 1 aliphatic carbocycles. The van der Waals surface area contributed by atoms with Gasteiger partial charge in [-0.1, -0.05) is 153 Å². The van der Waals surface area contributed by atoms with Gasteiger partial charge in [0.05, 0.1) is 33.3 Å². The molecule has 0 saturated heterocycles. The molecule has 0 atom stereocenters. The van der Waals surface area contributed by atoms with E-state index in [9.17, 15) is 0 Å². The Morgan fingerprint density at radius 2 is 1.04 bits per heavy atom. The molecule has 11 aromatic rings.